The van der Waals surface area contributed by atoms with Crippen molar-refractivity contribution in [3.63, 3.8) is 0 Å². The van der Waals surface area contributed by atoms with E-state index < -0.39 is 0 Å². The van der Waals surface area contributed by atoms with Gasteiger partial charge in [0.1, 0.15) is 5.76 Å². The predicted molar refractivity (Wildman–Crippen MR) is 57.4 cm³/mol. The topological polar surface area (TPSA) is 16.4 Å². The van der Waals surface area contributed by atoms with Crippen molar-refractivity contribution in [3.05, 3.63) is 24.2 Å². The van der Waals surface area contributed by atoms with Crippen molar-refractivity contribution in [3.8, 4) is 0 Å². The molecule has 1 heterocycles. The van der Waals surface area contributed by atoms with Gasteiger partial charge in [-0.3, -0.25) is 0 Å². The third-order valence-corrected chi connectivity index (χ3v) is 2.27. The van der Waals surface area contributed by atoms with Crippen LogP contribution in [0, 0.1) is 0 Å². The summed E-state index contributed by atoms with van der Waals surface area (Å²) in [5, 5.41) is 0. The minimum absolute atomic E-state index is 0. The summed E-state index contributed by atoms with van der Waals surface area (Å²) >= 11 is 0. The van der Waals surface area contributed by atoms with Crippen LogP contribution in [0.3, 0.4) is 0 Å². The first-order valence-electron chi connectivity index (χ1n) is 4.39. The average molecular weight is 204 g/mol. The van der Waals surface area contributed by atoms with Gasteiger partial charge in [-0.05, 0) is 39.6 Å². The summed E-state index contributed by atoms with van der Waals surface area (Å²) in [4.78, 5) is 2.23. The lowest BCUT2D eigenvalue weighted by Crippen LogP contribution is -2.24. The molecule has 1 aromatic heterocycles. The zero-order valence-electron chi connectivity index (χ0n) is 8.49. The zero-order valence-corrected chi connectivity index (χ0v) is 9.30. The monoisotopic (exact) mass is 203 g/mol. The lowest BCUT2D eigenvalue weighted by atomic mass is 10.1. The third kappa shape index (κ3) is 4.34. The summed E-state index contributed by atoms with van der Waals surface area (Å²) in [7, 11) is 4.21. The van der Waals surface area contributed by atoms with Crippen LogP contribution in [0.5, 0.6) is 0 Å². The van der Waals surface area contributed by atoms with Gasteiger partial charge in [-0.2, -0.15) is 0 Å². The number of hydrogen-bond acceptors (Lipinski definition) is 2. The van der Waals surface area contributed by atoms with Gasteiger partial charge in [0.05, 0.1) is 6.26 Å². The van der Waals surface area contributed by atoms with Gasteiger partial charge in [-0.25, -0.2) is 0 Å². The Morgan fingerprint density at radius 2 is 2.15 bits per heavy atom. The first-order chi connectivity index (χ1) is 5.70. The van der Waals surface area contributed by atoms with Crippen molar-refractivity contribution in [2.45, 2.75) is 25.8 Å². The molecule has 0 saturated carbocycles. The van der Waals surface area contributed by atoms with Crippen molar-refractivity contribution in [1.29, 1.82) is 0 Å². The Morgan fingerprint density at radius 1 is 1.46 bits per heavy atom. The third-order valence-electron chi connectivity index (χ3n) is 2.27. The normalized spacial score (nSPS) is 12.6. The maximum Gasteiger partial charge on any atom is 0.103 e. The highest BCUT2D eigenvalue weighted by Crippen LogP contribution is 2.07. The molecule has 1 atom stereocenters. The van der Waals surface area contributed by atoms with E-state index in [1.165, 1.54) is 0 Å². The lowest BCUT2D eigenvalue weighted by molar-refractivity contribution is 0.293. The second-order valence-corrected chi connectivity index (χ2v) is 3.43. The van der Waals surface area contributed by atoms with E-state index in [2.05, 4.69) is 25.9 Å². The van der Waals surface area contributed by atoms with Crippen LogP contribution < -0.4 is 0 Å². The molecular formula is C10H18ClNO. The molecule has 0 spiro atoms. The van der Waals surface area contributed by atoms with E-state index in [1.54, 1.807) is 6.26 Å². The molecule has 0 aliphatic rings. The molecule has 3 heteroatoms. The highest BCUT2D eigenvalue weighted by molar-refractivity contribution is 5.85. The van der Waals surface area contributed by atoms with E-state index in [-0.39, 0.29) is 12.4 Å². The quantitative estimate of drug-likeness (QED) is 0.748. The SMILES string of the molecule is CC(CCc1ccco1)N(C)C.Cl. The van der Waals surface area contributed by atoms with Crippen LogP contribution in [0.2, 0.25) is 0 Å². The summed E-state index contributed by atoms with van der Waals surface area (Å²) in [5.41, 5.74) is 0. The van der Waals surface area contributed by atoms with Crippen LogP contribution in [0.25, 0.3) is 0 Å². The minimum atomic E-state index is 0. The summed E-state index contributed by atoms with van der Waals surface area (Å²) < 4.78 is 5.25. The number of nitrogens with zero attached hydrogens (tertiary/aromatic N) is 1. The smallest absolute Gasteiger partial charge is 0.103 e. The fourth-order valence-electron chi connectivity index (χ4n) is 1.06. The summed E-state index contributed by atoms with van der Waals surface area (Å²) in [6, 6.07) is 4.59. The van der Waals surface area contributed by atoms with Gasteiger partial charge in [0.2, 0.25) is 0 Å². The van der Waals surface area contributed by atoms with Crippen LogP contribution in [0.1, 0.15) is 19.1 Å². The van der Waals surface area contributed by atoms with Gasteiger partial charge in [0, 0.05) is 12.5 Å². The fourth-order valence-corrected chi connectivity index (χ4v) is 1.06. The Hall–Kier alpha value is -0.470. The van der Waals surface area contributed by atoms with Crippen LogP contribution in [0.4, 0.5) is 0 Å². The Bertz CT molecular complexity index is 209. The van der Waals surface area contributed by atoms with Gasteiger partial charge in [0.25, 0.3) is 0 Å². The van der Waals surface area contributed by atoms with E-state index >= 15 is 0 Å². The van der Waals surface area contributed by atoms with Crippen LogP contribution in [-0.2, 0) is 6.42 Å². The molecule has 2 nitrogen and oxygen atoms in total. The summed E-state index contributed by atoms with van der Waals surface area (Å²) in [6.45, 7) is 2.23. The molecular weight excluding hydrogens is 186 g/mol. The van der Waals surface area contributed by atoms with Gasteiger partial charge >= 0.3 is 0 Å². The molecule has 76 valence electrons. The molecule has 1 rings (SSSR count). The molecule has 0 aliphatic heterocycles. The summed E-state index contributed by atoms with van der Waals surface area (Å²) in [6.07, 6.45) is 3.92. The molecule has 1 unspecified atom stereocenters. The second kappa shape index (κ2) is 6.06. The molecule has 0 N–H and O–H groups in total. The molecule has 0 aliphatic carbocycles. The zero-order chi connectivity index (χ0) is 8.97. The van der Waals surface area contributed by atoms with E-state index in [0.29, 0.717) is 6.04 Å². The van der Waals surface area contributed by atoms with Gasteiger partial charge in [-0.15, -0.1) is 12.4 Å². The Balaban J connectivity index is 0.00000144. The maximum absolute atomic E-state index is 5.25. The summed E-state index contributed by atoms with van der Waals surface area (Å²) in [5.74, 6) is 1.09. The van der Waals surface area contributed by atoms with Crippen molar-refractivity contribution in [2.75, 3.05) is 14.1 Å². The van der Waals surface area contributed by atoms with Crippen LogP contribution in [-0.4, -0.2) is 25.0 Å². The van der Waals surface area contributed by atoms with E-state index in [4.69, 9.17) is 4.42 Å². The number of rotatable bonds is 4. The van der Waals surface area contributed by atoms with E-state index in [0.717, 1.165) is 18.6 Å². The Morgan fingerprint density at radius 3 is 2.62 bits per heavy atom. The maximum atomic E-state index is 5.25. The standard InChI is InChI=1S/C10H17NO.ClH/c1-9(11(2)3)6-7-10-5-4-8-12-10;/h4-5,8-9H,6-7H2,1-3H3;1H. The first-order valence-corrected chi connectivity index (χ1v) is 4.39. The average Bonchev–Trinajstić information content (AvgIpc) is 2.51. The van der Waals surface area contributed by atoms with Gasteiger partial charge < -0.3 is 9.32 Å². The number of furan rings is 1. The van der Waals surface area contributed by atoms with E-state index in [9.17, 15) is 0 Å². The number of aryl methyl sites for hydroxylation is 1. The lowest BCUT2D eigenvalue weighted by Gasteiger charge is -2.18. The molecule has 0 aromatic carbocycles. The molecule has 1 aromatic rings. The fraction of sp³-hybridized carbons (Fsp3) is 0.600. The second-order valence-electron chi connectivity index (χ2n) is 3.43. The van der Waals surface area contributed by atoms with Crippen molar-refractivity contribution < 1.29 is 4.42 Å². The van der Waals surface area contributed by atoms with Crippen molar-refractivity contribution in [1.82, 2.24) is 4.90 Å². The van der Waals surface area contributed by atoms with Crippen molar-refractivity contribution >= 4 is 12.4 Å². The molecule has 13 heavy (non-hydrogen) atoms. The van der Waals surface area contributed by atoms with Gasteiger partial charge in [0.15, 0.2) is 0 Å². The molecule has 0 radical (unpaired) electrons. The molecule has 0 fully saturated rings. The predicted octanol–water partition coefficient (Wildman–Crippen LogP) is 2.58. The highest BCUT2D eigenvalue weighted by Gasteiger charge is 2.05. The molecule has 0 amide bonds. The van der Waals surface area contributed by atoms with Crippen LogP contribution in [0.15, 0.2) is 22.8 Å². The van der Waals surface area contributed by atoms with Gasteiger partial charge in [-0.1, -0.05) is 0 Å². The van der Waals surface area contributed by atoms with E-state index in [1.807, 2.05) is 12.1 Å². The Kier molecular flexibility index (Phi) is 5.84. The minimum Gasteiger partial charge on any atom is -0.469 e. The molecule has 0 saturated heterocycles. The number of hydrogen-bond donors (Lipinski definition) is 0. The number of halogens is 1. The first kappa shape index (κ1) is 12.5. The van der Waals surface area contributed by atoms with Crippen LogP contribution >= 0.6 is 12.4 Å². The largest absolute Gasteiger partial charge is 0.469 e. The molecule has 0 bridgehead atoms. The van der Waals surface area contributed by atoms with Crippen molar-refractivity contribution in [2.24, 2.45) is 0 Å². The Labute approximate surface area is 86.3 Å². The highest BCUT2D eigenvalue weighted by atomic mass is 35.5.